The molecule has 1 saturated carbocycles. The van der Waals surface area contributed by atoms with Crippen LogP contribution in [0.25, 0.3) is 0 Å². The predicted molar refractivity (Wildman–Crippen MR) is 58.8 cm³/mol. The third-order valence-corrected chi connectivity index (χ3v) is 3.58. The Morgan fingerprint density at radius 2 is 2.23 bits per heavy atom. The van der Waals surface area contributed by atoms with Crippen molar-refractivity contribution in [1.29, 1.82) is 0 Å². The third-order valence-electron chi connectivity index (χ3n) is 3.58. The summed E-state index contributed by atoms with van der Waals surface area (Å²) in [6, 6.07) is 1.18. The van der Waals surface area contributed by atoms with Crippen molar-refractivity contribution in [2.24, 2.45) is 11.8 Å². The second kappa shape index (κ2) is 4.80. The van der Waals surface area contributed by atoms with Crippen LogP contribution in [-0.4, -0.2) is 12.1 Å². The fraction of sp³-hybridized carbons (Fsp3) is 0.833. The van der Waals surface area contributed by atoms with Gasteiger partial charge in [-0.25, -0.2) is 0 Å². The lowest BCUT2D eigenvalue weighted by molar-refractivity contribution is 0.337. The summed E-state index contributed by atoms with van der Waals surface area (Å²) in [6.45, 7) is 10.7. The Bertz CT molecular complexity index is 165. The smallest absolute Gasteiger partial charge is 0.0221 e. The molecule has 1 heteroatoms. The van der Waals surface area contributed by atoms with E-state index in [4.69, 9.17) is 0 Å². The molecule has 0 aromatic carbocycles. The van der Waals surface area contributed by atoms with Crippen molar-refractivity contribution in [2.45, 2.75) is 52.1 Å². The van der Waals surface area contributed by atoms with Crippen LogP contribution in [0.15, 0.2) is 12.7 Å². The topological polar surface area (TPSA) is 12.0 Å². The van der Waals surface area contributed by atoms with E-state index in [2.05, 4.69) is 32.7 Å². The van der Waals surface area contributed by atoms with Crippen molar-refractivity contribution in [3.05, 3.63) is 12.7 Å². The minimum atomic E-state index is 0.461. The molecule has 0 aromatic rings. The van der Waals surface area contributed by atoms with Gasteiger partial charge in [-0.1, -0.05) is 26.3 Å². The molecule has 0 bridgehead atoms. The zero-order valence-electron chi connectivity index (χ0n) is 9.22. The summed E-state index contributed by atoms with van der Waals surface area (Å²) in [5.74, 6) is 1.78. The van der Waals surface area contributed by atoms with Gasteiger partial charge in [-0.05, 0) is 31.6 Å². The molecular weight excluding hydrogens is 158 g/mol. The van der Waals surface area contributed by atoms with Gasteiger partial charge in [-0.15, -0.1) is 6.58 Å². The summed E-state index contributed by atoms with van der Waals surface area (Å²) in [5.41, 5.74) is 0. The van der Waals surface area contributed by atoms with Gasteiger partial charge in [0.2, 0.25) is 0 Å². The largest absolute Gasteiger partial charge is 0.308 e. The molecule has 0 saturated heterocycles. The van der Waals surface area contributed by atoms with Gasteiger partial charge >= 0.3 is 0 Å². The molecule has 1 N–H and O–H groups in total. The highest BCUT2D eigenvalue weighted by atomic mass is 15.0. The van der Waals surface area contributed by atoms with Gasteiger partial charge in [0.1, 0.15) is 0 Å². The van der Waals surface area contributed by atoms with Crippen LogP contribution in [0.2, 0.25) is 0 Å². The summed E-state index contributed by atoms with van der Waals surface area (Å²) < 4.78 is 0. The van der Waals surface area contributed by atoms with Crippen LogP contribution in [0.4, 0.5) is 0 Å². The van der Waals surface area contributed by atoms with E-state index in [9.17, 15) is 0 Å². The van der Waals surface area contributed by atoms with E-state index in [1.807, 2.05) is 6.08 Å². The van der Waals surface area contributed by atoms with Gasteiger partial charge in [0, 0.05) is 12.1 Å². The van der Waals surface area contributed by atoms with Crippen LogP contribution in [0.1, 0.15) is 40.0 Å². The summed E-state index contributed by atoms with van der Waals surface area (Å²) in [5, 5.41) is 3.62. The standard InChI is InChI=1S/C12H23N/c1-5-9(3)13-12-8-7-11(6-2)10(12)4/h5,9-13H,1,6-8H2,2-4H3. The second-order valence-corrected chi connectivity index (χ2v) is 4.40. The van der Waals surface area contributed by atoms with Crippen molar-refractivity contribution in [3.8, 4) is 0 Å². The monoisotopic (exact) mass is 181 g/mol. The summed E-state index contributed by atoms with van der Waals surface area (Å²) in [7, 11) is 0. The lowest BCUT2D eigenvalue weighted by atomic mass is 9.93. The Balaban J connectivity index is 2.40. The average molecular weight is 181 g/mol. The van der Waals surface area contributed by atoms with E-state index in [-0.39, 0.29) is 0 Å². The van der Waals surface area contributed by atoms with Crippen molar-refractivity contribution in [3.63, 3.8) is 0 Å². The highest BCUT2D eigenvalue weighted by molar-refractivity contribution is 4.91. The Morgan fingerprint density at radius 3 is 2.69 bits per heavy atom. The molecule has 0 spiro atoms. The molecule has 0 radical (unpaired) electrons. The molecule has 13 heavy (non-hydrogen) atoms. The summed E-state index contributed by atoms with van der Waals surface area (Å²) in [6.07, 6.45) is 6.07. The molecule has 0 heterocycles. The third kappa shape index (κ3) is 2.57. The Kier molecular flexibility index (Phi) is 3.98. The summed E-state index contributed by atoms with van der Waals surface area (Å²) >= 11 is 0. The van der Waals surface area contributed by atoms with Crippen LogP contribution in [-0.2, 0) is 0 Å². The molecule has 1 aliphatic rings. The molecule has 1 fully saturated rings. The quantitative estimate of drug-likeness (QED) is 0.657. The number of rotatable bonds is 4. The molecule has 1 rings (SSSR count). The molecule has 1 aliphatic carbocycles. The van der Waals surface area contributed by atoms with E-state index in [0.29, 0.717) is 6.04 Å². The fourth-order valence-corrected chi connectivity index (χ4v) is 2.46. The first-order chi connectivity index (χ1) is 6.19. The Labute approximate surface area is 82.6 Å². The lowest BCUT2D eigenvalue weighted by Crippen LogP contribution is -2.37. The highest BCUT2D eigenvalue weighted by Gasteiger charge is 2.31. The van der Waals surface area contributed by atoms with Crippen LogP contribution < -0.4 is 5.32 Å². The normalized spacial score (nSPS) is 36.1. The molecule has 0 aromatic heterocycles. The number of hydrogen-bond acceptors (Lipinski definition) is 1. The van der Waals surface area contributed by atoms with Crippen molar-refractivity contribution in [2.75, 3.05) is 0 Å². The Hall–Kier alpha value is -0.300. The first kappa shape index (κ1) is 10.8. The number of nitrogens with one attached hydrogen (secondary N) is 1. The minimum absolute atomic E-state index is 0.461. The van der Waals surface area contributed by atoms with Crippen LogP contribution in [0.3, 0.4) is 0 Å². The van der Waals surface area contributed by atoms with Gasteiger partial charge in [-0.3, -0.25) is 0 Å². The first-order valence-corrected chi connectivity index (χ1v) is 5.57. The Morgan fingerprint density at radius 1 is 1.54 bits per heavy atom. The van der Waals surface area contributed by atoms with E-state index >= 15 is 0 Å². The predicted octanol–water partition coefficient (Wildman–Crippen LogP) is 2.98. The van der Waals surface area contributed by atoms with Gasteiger partial charge in [0.05, 0.1) is 0 Å². The zero-order chi connectivity index (χ0) is 9.84. The van der Waals surface area contributed by atoms with Crippen LogP contribution in [0.5, 0.6) is 0 Å². The van der Waals surface area contributed by atoms with Gasteiger partial charge in [0.25, 0.3) is 0 Å². The second-order valence-electron chi connectivity index (χ2n) is 4.40. The van der Waals surface area contributed by atoms with Gasteiger partial charge < -0.3 is 5.32 Å². The maximum atomic E-state index is 3.80. The summed E-state index contributed by atoms with van der Waals surface area (Å²) in [4.78, 5) is 0. The molecule has 0 amide bonds. The van der Waals surface area contributed by atoms with Gasteiger partial charge in [0.15, 0.2) is 0 Å². The van der Waals surface area contributed by atoms with E-state index in [0.717, 1.165) is 17.9 Å². The SMILES string of the molecule is C=CC(C)NC1CCC(CC)C1C. The molecular formula is C12H23N. The zero-order valence-corrected chi connectivity index (χ0v) is 9.22. The molecule has 76 valence electrons. The van der Waals surface area contributed by atoms with E-state index in [1.165, 1.54) is 19.3 Å². The molecule has 4 atom stereocenters. The maximum absolute atomic E-state index is 3.80. The van der Waals surface area contributed by atoms with E-state index < -0.39 is 0 Å². The number of hydrogen-bond donors (Lipinski definition) is 1. The minimum Gasteiger partial charge on any atom is -0.308 e. The first-order valence-electron chi connectivity index (χ1n) is 5.57. The highest BCUT2D eigenvalue weighted by Crippen LogP contribution is 2.33. The molecule has 0 aliphatic heterocycles. The maximum Gasteiger partial charge on any atom is 0.0221 e. The van der Waals surface area contributed by atoms with Crippen LogP contribution >= 0.6 is 0 Å². The van der Waals surface area contributed by atoms with Gasteiger partial charge in [-0.2, -0.15) is 0 Å². The van der Waals surface area contributed by atoms with E-state index in [1.54, 1.807) is 0 Å². The fourth-order valence-electron chi connectivity index (χ4n) is 2.46. The van der Waals surface area contributed by atoms with Crippen molar-refractivity contribution >= 4 is 0 Å². The lowest BCUT2D eigenvalue weighted by Gasteiger charge is -2.23. The van der Waals surface area contributed by atoms with Crippen molar-refractivity contribution < 1.29 is 0 Å². The van der Waals surface area contributed by atoms with Crippen molar-refractivity contribution in [1.82, 2.24) is 5.32 Å². The van der Waals surface area contributed by atoms with Crippen LogP contribution in [0, 0.1) is 11.8 Å². The average Bonchev–Trinajstić information content (AvgIpc) is 2.48. The molecule has 4 unspecified atom stereocenters. The molecule has 1 nitrogen and oxygen atoms in total.